The van der Waals surface area contributed by atoms with Crippen molar-refractivity contribution in [2.45, 2.75) is 58.2 Å². The van der Waals surface area contributed by atoms with Gasteiger partial charge in [0.2, 0.25) is 0 Å². The van der Waals surface area contributed by atoms with Crippen LogP contribution in [0.1, 0.15) is 46.5 Å². The summed E-state index contributed by atoms with van der Waals surface area (Å²) in [6.45, 7) is 7.89. The Morgan fingerprint density at radius 1 is 1.20 bits per heavy atom. The Hall–Kier alpha value is -1.58. The molecular formula is C16H30N4O5. The Balaban J connectivity index is 2.13. The average molecular weight is 358 g/mol. The van der Waals surface area contributed by atoms with Crippen LogP contribution in [0.2, 0.25) is 0 Å². The van der Waals surface area contributed by atoms with Crippen molar-refractivity contribution in [1.82, 2.24) is 10.5 Å². The predicted molar refractivity (Wildman–Crippen MR) is 90.5 cm³/mol. The van der Waals surface area contributed by atoms with E-state index in [1.807, 2.05) is 20.8 Å². The van der Waals surface area contributed by atoms with Crippen LogP contribution < -0.4 is 5.43 Å². The number of imide groups is 1. The zero-order valence-electron chi connectivity index (χ0n) is 15.6. The SMILES string of the molecule is CN/N=N\CCOCCC(C)(C)OCCC(C)ON1C(=O)CCC1=O. The predicted octanol–water partition coefficient (Wildman–Crippen LogP) is 1.63. The van der Waals surface area contributed by atoms with Crippen molar-refractivity contribution in [2.24, 2.45) is 10.3 Å². The van der Waals surface area contributed by atoms with Crippen molar-refractivity contribution in [1.29, 1.82) is 0 Å². The highest BCUT2D eigenvalue weighted by Crippen LogP contribution is 2.17. The van der Waals surface area contributed by atoms with Crippen LogP contribution in [-0.4, -0.2) is 62.0 Å². The van der Waals surface area contributed by atoms with Crippen molar-refractivity contribution in [3.63, 3.8) is 0 Å². The zero-order valence-corrected chi connectivity index (χ0v) is 15.6. The minimum Gasteiger partial charge on any atom is -0.379 e. The maximum absolute atomic E-state index is 11.5. The molecule has 144 valence electrons. The number of hydrogen-bond acceptors (Lipinski definition) is 7. The van der Waals surface area contributed by atoms with Gasteiger partial charge in [-0.05, 0) is 33.6 Å². The van der Waals surface area contributed by atoms with E-state index < -0.39 is 0 Å². The first-order valence-corrected chi connectivity index (χ1v) is 8.63. The summed E-state index contributed by atoms with van der Waals surface area (Å²) in [6, 6.07) is 0. The second-order valence-corrected chi connectivity index (χ2v) is 6.45. The van der Waals surface area contributed by atoms with Crippen LogP contribution in [0, 0.1) is 0 Å². The van der Waals surface area contributed by atoms with E-state index in [0.29, 0.717) is 32.8 Å². The van der Waals surface area contributed by atoms with Crippen molar-refractivity contribution >= 4 is 11.8 Å². The first-order chi connectivity index (χ1) is 11.9. The van der Waals surface area contributed by atoms with Gasteiger partial charge in [-0.1, -0.05) is 5.22 Å². The normalized spacial score (nSPS) is 16.9. The van der Waals surface area contributed by atoms with Crippen LogP contribution in [0.4, 0.5) is 0 Å². The summed E-state index contributed by atoms with van der Waals surface area (Å²) in [5.74, 6) is -0.547. The summed E-state index contributed by atoms with van der Waals surface area (Å²) in [5.41, 5.74) is 2.25. The number of nitrogens with one attached hydrogen (secondary N) is 1. The molecule has 9 heteroatoms. The summed E-state index contributed by atoms with van der Waals surface area (Å²) in [7, 11) is 1.69. The molecule has 1 heterocycles. The topological polar surface area (TPSA) is 102 Å². The van der Waals surface area contributed by atoms with E-state index in [4.69, 9.17) is 14.3 Å². The van der Waals surface area contributed by atoms with Crippen molar-refractivity contribution in [3.05, 3.63) is 0 Å². The van der Waals surface area contributed by atoms with E-state index in [9.17, 15) is 9.59 Å². The van der Waals surface area contributed by atoms with Crippen LogP contribution in [0.5, 0.6) is 0 Å². The lowest BCUT2D eigenvalue weighted by Crippen LogP contribution is -2.34. The van der Waals surface area contributed by atoms with Gasteiger partial charge in [-0.25, -0.2) is 0 Å². The van der Waals surface area contributed by atoms with Crippen molar-refractivity contribution in [3.8, 4) is 0 Å². The third-order valence-corrected chi connectivity index (χ3v) is 3.66. The summed E-state index contributed by atoms with van der Waals surface area (Å²) in [5, 5.41) is 8.36. The molecule has 0 aromatic carbocycles. The van der Waals surface area contributed by atoms with Crippen LogP contribution >= 0.6 is 0 Å². The highest BCUT2D eigenvalue weighted by atomic mass is 16.7. The summed E-state index contributed by atoms with van der Waals surface area (Å²) in [6.07, 6.45) is 1.52. The largest absolute Gasteiger partial charge is 0.379 e. The molecule has 1 aliphatic heterocycles. The Kier molecular flexibility index (Phi) is 9.54. The third-order valence-electron chi connectivity index (χ3n) is 3.66. The van der Waals surface area contributed by atoms with E-state index in [1.165, 1.54) is 0 Å². The molecule has 1 aliphatic rings. The highest BCUT2D eigenvalue weighted by molar-refractivity contribution is 6.00. The fraction of sp³-hybridized carbons (Fsp3) is 0.875. The molecule has 0 aromatic rings. The molecule has 25 heavy (non-hydrogen) atoms. The first-order valence-electron chi connectivity index (χ1n) is 8.63. The van der Waals surface area contributed by atoms with Gasteiger partial charge in [0.1, 0.15) is 0 Å². The summed E-state index contributed by atoms with van der Waals surface area (Å²) < 4.78 is 11.4. The smallest absolute Gasteiger partial charge is 0.254 e. The van der Waals surface area contributed by atoms with Crippen LogP contribution in [0.3, 0.4) is 0 Å². The second kappa shape index (κ2) is 11.1. The van der Waals surface area contributed by atoms with E-state index in [-0.39, 0.29) is 36.4 Å². The van der Waals surface area contributed by atoms with E-state index >= 15 is 0 Å². The molecule has 0 aliphatic carbocycles. The lowest BCUT2D eigenvalue weighted by molar-refractivity contribution is -0.203. The van der Waals surface area contributed by atoms with Gasteiger partial charge in [0.05, 0.1) is 24.9 Å². The molecule has 0 bridgehead atoms. The van der Waals surface area contributed by atoms with Gasteiger partial charge >= 0.3 is 0 Å². The average Bonchev–Trinajstić information content (AvgIpc) is 2.85. The Morgan fingerprint density at radius 2 is 1.88 bits per heavy atom. The van der Waals surface area contributed by atoms with Gasteiger partial charge in [0, 0.05) is 33.1 Å². The Labute approximate surface area is 149 Å². The number of hydrogen-bond donors (Lipinski definition) is 1. The van der Waals surface area contributed by atoms with E-state index in [1.54, 1.807) is 7.05 Å². The lowest BCUT2D eigenvalue weighted by atomic mass is 10.1. The Bertz CT molecular complexity index is 440. The number of nitrogens with zero attached hydrogens (tertiary/aromatic N) is 3. The summed E-state index contributed by atoms with van der Waals surface area (Å²) >= 11 is 0. The van der Waals surface area contributed by atoms with Gasteiger partial charge in [0.15, 0.2) is 0 Å². The molecule has 1 atom stereocenters. The molecule has 1 rings (SSSR count). The Morgan fingerprint density at radius 3 is 2.52 bits per heavy atom. The molecule has 0 saturated carbocycles. The molecule has 0 radical (unpaired) electrons. The highest BCUT2D eigenvalue weighted by Gasteiger charge is 2.31. The first kappa shape index (κ1) is 21.5. The monoisotopic (exact) mass is 358 g/mol. The number of carbonyl (C=O) groups is 2. The van der Waals surface area contributed by atoms with Gasteiger partial charge < -0.3 is 9.47 Å². The number of rotatable bonds is 13. The molecule has 0 aromatic heterocycles. The quantitative estimate of drug-likeness (QED) is 0.232. The van der Waals surface area contributed by atoms with Crippen molar-refractivity contribution in [2.75, 3.05) is 33.4 Å². The van der Waals surface area contributed by atoms with Crippen LogP contribution in [0.15, 0.2) is 10.3 Å². The number of amides is 2. The maximum Gasteiger partial charge on any atom is 0.254 e. The van der Waals surface area contributed by atoms with Gasteiger partial charge in [-0.15, -0.1) is 0 Å². The minimum atomic E-state index is -0.328. The number of carbonyl (C=O) groups excluding carboxylic acids is 2. The molecule has 0 spiro atoms. The molecule has 1 N–H and O–H groups in total. The fourth-order valence-corrected chi connectivity index (χ4v) is 2.13. The summed E-state index contributed by atoms with van der Waals surface area (Å²) in [4.78, 5) is 28.4. The van der Waals surface area contributed by atoms with Gasteiger partial charge in [-0.2, -0.15) is 10.2 Å². The maximum atomic E-state index is 11.5. The molecule has 1 unspecified atom stereocenters. The van der Waals surface area contributed by atoms with Crippen molar-refractivity contribution < 1.29 is 23.9 Å². The molecule has 2 amide bonds. The van der Waals surface area contributed by atoms with E-state index in [0.717, 1.165) is 11.5 Å². The zero-order chi connectivity index (χ0) is 18.7. The van der Waals surface area contributed by atoms with Gasteiger partial charge in [0.25, 0.3) is 11.8 Å². The third kappa shape index (κ3) is 8.89. The van der Waals surface area contributed by atoms with E-state index in [2.05, 4.69) is 15.8 Å². The molecule has 1 fully saturated rings. The molecular weight excluding hydrogens is 328 g/mol. The lowest BCUT2D eigenvalue weighted by Gasteiger charge is -2.26. The number of hydroxylamine groups is 2. The molecule has 1 saturated heterocycles. The fourth-order valence-electron chi connectivity index (χ4n) is 2.13. The molecule has 9 nitrogen and oxygen atoms in total. The minimum absolute atomic E-state index is 0.228. The number of ether oxygens (including phenoxy) is 2. The van der Waals surface area contributed by atoms with Crippen LogP contribution in [-0.2, 0) is 23.9 Å². The van der Waals surface area contributed by atoms with Crippen LogP contribution in [0.25, 0.3) is 0 Å². The second-order valence-electron chi connectivity index (χ2n) is 6.45. The van der Waals surface area contributed by atoms with Gasteiger partial charge in [-0.3, -0.25) is 19.9 Å². The standard InChI is InChI=1S/C16H30N4O5/c1-13(25-20-14(21)5-6-15(20)22)7-10-24-16(2,3)8-11-23-12-9-18-19-17-4/h13H,5-12H2,1-4H3,(H,17,18).